The van der Waals surface area contributed by atoms with Crippen molar-refractivity contribution in [2.45, 2.75) is 13.3 Å². The van der Waals surface area contributed by atoms with Crippen LogP contribution in [0.3, 0.4) is 0 Å². The van der Waals surface area contributed by atoms with Gasteiger partial charge >= 0.3 is 0 Å². The highest BCUT2D eigenvalue weighted by Crippen LogP contribution is 2.11. The van der Waals surface area contributed by atoms with Crippen LogP contribution in [-0.2, 0) is 11.2 Å². The maximum atomic E-state index is 13.0. The van der Waals surface area contributed by atoms with Crippen LogP contribution in [0, 0.1) is 12.7 Å². The van der Waals surface area contributed by atoms with Gasteiger partial charge in [-0.3, -0.25) is 4.79 Å². The zero-order valence-corrected chi connectivity index (χ0v) is 10.8. The third kappa shape index (κ3) is 3.91. The summed E-state index contributed by atoms with van der Waals surface area (Å²) < 4.78 is 13.0. The van der Waals surface area contributed by atoms with E-state index in [1.54, 1.807) is 6.07 Å². The van der Waals surface area contributed by atoms with E-state index in [0.717, 1.165) is 16.8 Å². The van der Waals surface area contributed by atoms with Gasteiger partial charge in [-0.25, -0.2) is 4.39 Å². The summed E-state index contributed by atoms with van der Waals surface area (Å²) in [5, 5.41) is 3.07. The van der Waals surface area contributed by atoms with Gasteiger partial charge in [0.05, 0.1) is 6.54 Å². The molecule has 98 valence electrons. The number of halogens is 1. The average Bonchev–Trinajstić information content (AvgIpc) is 2.41. The molecule has 0 atom stereocenters. The van der Waals surface area contributed by atoms with Crippen LogP contribution in [0.4, 0.5) is 10.1 Å². The molecule has 0 aliphatic carbocycles. The third-order valence-corrected chi connectivity index (χ3v) is 2.96. The molecule has 3 heteroatoms. The van der Waals surface area contributed by atoms with Crippen molar-refractivity contribution in [1.29, 1.82) is 0 Å². The molecule has 19 heavy (non-hydrogen) atoms. The zero-order valence-electron chi connectivity index (χ0n) is 10.8. The SMILES string of the molecule is Cc1cc(F)ccc1CC(=O)CNc1ccccc1. The number of hydrogen-bond acceptors (Lipinski definition) is 2. The van der Waals surface area contributed by atoms with E-state index in [1.165, 1.54) is 12.1 Å². The van der Waals surface area contributed by atoms with Crippen LogP contribution in [-0.4, -0.2) is 12.3 Å². The Morgan fingerprint density at radius 2 is 1.89 bits per heavy atom. The Kier molecular flexibility index (Phi) is 4.29. The number of benzene rings is 2. The van der Waals surface area contributed by atoms with Crippen LogP contribution < -0.4 is 5.32 Å². The van der Waals surface area contributed by atoms with E-state index in [1.807, 2.05) is 37.3 Å². The van der Waals surface area contributed by atoms with Gasteiger partial charge in [-0.2, -0.15) is 0 Å². The molecule has 0 saturated heterocycles. The fraction of sp³-hybridized carbons (Fsp3) is 0.188. The lowest BCUT2D eigenvalue weighted by Gasteiger charge is -2.07. The molecule has 0 spiro atoms. The Morgan fingerprint density at radius 3 is 2.58 bits per heavy atom. The van der Waals surface area contributed by atoms with E-state index >= 15 is 0 Å². The van der Waals surface area contributed by atoms with Gasteiger partial charge < -0.3 is 5.32 Å². The molecular formula is C16H16FNO. The molecule has 0 fully saturated rings. The standard InChI is InChI=1S/C16H16FNO/c1-12-9-14(17)8-7-13(12)10-16(19)11-18-15-5-3-2-4-6-15/h2-9,18H,10-11H2,1H3. The molecule has 2 aromatic carbocycles. The van der Waals surface area contributed by atoms with Gasteiger partial charge in [-0.05, 0) is 42.3 Å². The zero-order chi connectivity index (χ0) is 13.7. The highest BCUT2D eigenvalue weighted by Gasteiger charge is 2.06. The second-order valence-corrected chi connectivity index (χ2v) is 4.51. The van der Waals surface area contributed by atoms with E-state index < -0.39 is 0 Å². The number of Topliss-reactive ketones (excluding diaryl/α,β-unsaturated/α-hetero) is 1. The summed E-state index contributed by atoms with van der Waals surface area (Å²) in [6, 6.07) is 14.1. The lowest BCUT2D eigenvalue weighted by Crippen LogP contribution is -2.16. The molecule has 0 heterocycles. The van der Waals surface area contributed by atoms with Crippen LogP contribution >= 0.6 is 0 Å². The van der Waals surface area contributed by atoms with Crippen molar-refractivity contribution in [2.75, 3.05) is 11.9 Å². The van der Waals surface area contributed by atoms with Crippen molar-refractivity contribution in [3.8, 4) is 0 Å². The minimum atomic E-state index is -0.267. The number of carbonyl (C=O) groups is 1. The van der Waals surface area contributed by atoms with Crippen LogP contribution in [0.1, 0.15) is 11.1 Å². The Labute approximate surface area is 112 Å². The number of hydrogen-bond donors (Lipinski definition) is 1. The fourth-order valence-electron chi connectivity index (χ4n) is 1.89. The molecular weight excluding hydrogens is 241 g/mol. The third-order valence-electron chi connectivity index (χ3n) is 2.96. The number of rotatable bonds is 5. The molecule has 2 nitrogen and oxygen atoms in total. The van der Waals surface area contributed by atoms with E-state index in [0.29, 0.717) is 6.42 Å². The van der Waals surface area contributed by atoms with Gasteiger partial charge in [-0.15, -0.1) is 0 Å². The minimum Gasteiger partial charge on any atom is -0.378 e. The normalized spacial score (nSPS) is 10.2. The first-order valence-corrected chi connectivity index (χ1v) is 6.21. The molecule has 0 bridgehead atoms. The minimum absolute atomic E-state index is 0.0820. The van der Waals surface area contributed by atoms with Crippen LogP contribution in [0.5, 0.6) is 0 Å². The molecule has 0 aromatic heterocycles. The summed E-state index contributed by atoms with van der Waals surface area (Å²) in [5.74, 6) is -0.185. The first-order valence-electron chi connectivity index (χ1n) is 6.21. The van der Waals surface area contributed by atoms with Gasteiger partial charge in [0.1, 0.15) is 5.82 Å². The van der Waals surface area contributed by atoms with Crippen LogP contribution in [0.15, 0.2) is 48.5 Å². The van der Waals surface area contributed by atoms with Gasteiger partial charge in [0.2, 0.25) is 0 Å². The number of carbonyl (C=O) groups excluding carboxylic acids is 1. The van der Waals surface area contributed by atoms with Crippen molar-refractivity contribution in [2.24, 2.45) is 0 Å². The number of ketones is 1. The maximum absolute atomic E-state index is 13.0. The quantitative estimate of drug-likeness (QED) is 0.890. The second-order valence-electron chi connectivity index (χ2n) is 4.51. The summed E-state index contributed by atoms with van der Waals surface area (Å²) in [6.07, 6.45) is 0.325. The van der Waals surface area contributed by atoms with Crippen molar-refractivity contribution >= 4 is 11.5 Å². The average molecular weight is 257 g/mol. The van der Waals surface area contributed by atoms with Crippen molar-refractivity contribution in [3.63, 3.8) is 0 Å². The highest BCUT2D eigenvalue weighted by atomic mass is 19.1. The van der Waals surface area contributed by atoms with Crippen molar-refractivity contribution < 1.29 is 9.18 Å². The molecule has 0 unspecified atom stereocenters. The number of para-hydroxylation sites is 1. The largest absolute Gasteiger partial charge is 0.378 e. The Balaban J connectivity index is 1.91. The Hall–Kier alpha value is -2.16. The van der Waals surface area contributed by atoms with Gasteiger partial charge in [0, 0.05) is 12.1 Å². The van der Waals surface area contributed by atoms with Gasteiger partial charge in [0.25, 0.3) is 0 Å². The summed E-state index contributed by atoms with van der Waals surface area (Å²) >= 11 is 0. The molecule has 1 N–H and O–H groups in total. The van der Waals surface area contributed by atoms with E-state index in [4.69, 9.17) is 0 Å². The summed E-state index contributed by atoms with van der Waals surface area (Å²) in [6.45, 7) is 2.09. The highest BCUT2D eigenvalue weighted by molar-refractivity contribution is 5.85. The molecule has 0 saturated carbocycles. The van der Waals surface area contributed by atoms with E-state index in [2.05, 4.69) is 5.32 Å². The van der Waals surface area contributed by atoms with Gasteiger partial charge in [-0.1, -0.05) is 24.3 Å². The Morgan fingerprint density at radius 1 is 1.16 bits per heavy atom. The molecule has 0 amide bonds. The van der Waals surface area contributed by atoms with Crippen molar-refractivity contribution in [3.05, 3.63) is 65.5 Å². The fourth-order valence-corrected chi connectivity index (χ4v) is 1.89. The lowest BCUT2D eigenvalue weighted by molar-refractivity contribution is -0.116. The van der Waals surface area contributed by atoms with Crippen LogP contribution in [0.25, 0.3) is 0 Å². The number of nitrogens with one attached hydrogen (secondary N) is 1. The number of aryl methyl sites for hydroxylation is 1. The predicted octanol–water partition coefficient (Wildman–Crippen LogP) is 3.36. The molecule has 0 radical (unpaired) electrons. The predicted molar refractivity (Wildman–Crippen MR) is 74.8 cm³/mol. The first kappa shape index (κ1) is 13.3. The smallest absolute Gasteiger partial charge is 0.156 e. The summed E-state index contributed by atoms with van der Waals surface area (Å²) in [5.41, 5.74) is 2.61. The second kappa shape index (κ2) is 6.14. The summed E-state index contributed by atoms with van der Waals surface area (Å²) in [7, 11) is 0. The first-order chi connectivity index (χ1) is 9.15. The molecule has 2 rings (SSSR count). The molecule has 0 aliphatic heterocycles. The topological polar surface area (TPSA) is 29.1 Å². The Bertz CT molecular complexity index is 566. The van der Waals surface area contributed by atoms with Crippen LogP contribution in [0.2, 0.25) is 0 Å². The lowest BCUT2D eigenvalue weighted by atomic mass is 10.0. The van der Waals surface area contributed by atoms with Gasteiger partial charge in [0.15, 0.2) is 5.78 Å². The number of anilines is 1. The van der Waals surface area contributed by atoms with Crippen molar-refractivity contribution in [1.82, 2.24) is 0 Å². The molecule has 2 aromatic rings. The molecule has 0 aliphatic rings. The maximum Gasteiger partial charge on any atom is 0.156 e. The summed E-state index contributed by atoms with van der Waals surface area (Å²) in [4.78, 5) is 11.9. The van der Waals surface area contributed by atoms with E-state index in [-0.39, 0.29) is 18.1 Å². The monoisotopic (exact) mass is 257 g/mol. The van der Waals surface area contributed by atoms with E-state index in [9.17, 15) is 9.18 Å².